The third kappa shape index (κ3) is 4.44. The predicted molar refractivity (Wildman–Crippen MR) is 123 cm³/mol. The van der Waals surface area contributed by atoms with Crippen molar-refractivity contribution >= 4 is 11.6 Å². The van der Waals surface area contributed by atoms with Gasteiger partial charge in [-0.05, 0) is 42.5 Å². The summed E-state index contributed by atoms with van der Waals surface area (Å²) in [6, 6.07) is 7.08. The van der Waals surface area contributed by atoms with E-state index in [2.05, 4.69) is 19.7 Å². The summed E-state index contributed by atoms with van der Waals surface area (Å²) < 4.78 is 21.5. The van der Waals surface area contributed by atoms with Crippen LogP contribution in [0.5, 0.6) is 5.75 Å². The van der Waals surface area contributed by atoms with Crippen molar-refractivity contribution in [1.82, 2.24) is 14.5 Å². The third-order valence-corrected chi connectivity index (χ3v) is 6.47. The summed E-state index contributed by atoms with van der Waals surface area (Å²) in [7, 11) is 0. The summed E-state index contributed by atoms with van der Waals surface area (Å²) >= 11 is 0. The Morgan fingerprint density at radius 3 is 2.42 bits per heavy atom. The Hall–Kier alpha value is -3.73. The quantitative estimate of drug-likeness (QED) is 0.536. The molecule has 3 heterocycles. The van der Waals surface area contributed by atoms with E-state index in [0.29, 0.717) is 11.7 Å². The number of hydrogen-bond acceptors (Lipinski definition) is 5. The lowest BCUT2D eigenvalue weighted by atomic mass is 9.81. The highest BCUT2D eigenvalue weighted by molar-refractivity contribution is 5.50. The molecule has 2 aliphatic rings. The first-order valence-corrected chi connectivity index (χ1v) is 11.2. The molecule has 0 atom stereocenters. The van der Waals surface area contributed by atoms with E-state index in [0.717, 1.165) is 37.9 Å². The van der Waals surface area contributed by atoms with E-state index < -0.39 is 5.82 Å². The van der Waals surface area contributed by atoms with Gasteiger partial charge in [0.15, 0.2) is 5.69 Å². The number of halogens is 1. The fourth-order valence-electron chi connectivity index (χ4n) is 4.31. The molecule has 0 unspecified atom stereocenters. The number of pyridine rings is 1. The van der Waals surface area contributed by atoms with Gasteiger partial charge >= 0.3 is 0 Å². The lowest BCUT2D eigenvalue weighted by molar-refractivity contribution is 0.170. The molecule has 168 valence electrons. The lowest BCUT2D eigenvalue weighted by Gasteiger charge is -2.32. The van der Waals surface area contributed by atoms with Gasteiger partial charge in [0.2, 0.25) is 5.95 Å². The molecule has 2 aromatic heterocycles. The Labute approximate surface area is 191 Å². The SMILES string of the molecule is [C-]#[N+]c1ccc(-n2ccc(OC3CCN(c4ncc(C5CCC5)cn4)CC3)cc2=O)c(F)c1. The summed E-state index contributed by atoms with van der Waals surface area (Å²) in [4.78, 5) is 27.1. The van der Waals surface area contributed by atoms with E-state index in [4.69, 9.17) is 11.3 Å². The standard InChI is InChI=1S/C25H24FN5O2/c1-27-19-5-6-23(22(26)13-19)31-12-9-21(14-24(31)32)33-20-7-10-30(11-8-20)25-28-15-18(16-29-25)17-3-2-4-17/h5-6,9,12-17,20H,2-4,7-8,10-11H2. The molecule has 7 nitrogen and oxygen atoms in total. The Morgan fingerprint density at radius 2 is 1.82 bits per heavy atom. The van der Waals surface area contributed by atoms with Crippen molar-refractivity contribution in [2.24, 2.45) is 0 Å². The van der Waals surface area contributed by atoms with Crippen molar-refractivity contribution in [3.05, 3.63) is 82.1 Å². The van der Waals surface area contributed by atoms with Gasteiger partial charge in [-0.2, -0.15) is 0 Å². The van der Waals surface area contributed by atoms with Crippen molar-refractivity contribution in [3.8, 4) is 11.4 Å². The highest BCUT2D eigenvalue weighted by atomic mass is 19.1. The number of nitrogens with zero attached hydrogens (tertiary/aromatic N) is 5. The molecule has 1 saturated heterocycles. The zero-order valence-electron chi connectivity index (χ0n) is 18.2. The fraction of sp³-hybridized carbons (Fsp3) is 0.360. The number of ether oxygens (including phenoxy) is 1. The largest absolute Gasteiger partial charge is 0.490 e. The minimum absolute atomic E-state index is 0.0135. The number of rotatable bonds is 5. The Balaban J connectivity index is 1.20. The summed E-state index contributed by atoms with van der Waals surface area (Å²) in [5.74, 6) is 1.23. The van der Waals surface area contributed by atoms with Gasteiger partial charge in [0.05, 0.1) is 12.3 Å². The molecule has 0 N–H and O–H groups in total. The van der Waals surface area contributed by atoms with Gasteiger partial charge < -0.3 is 9.64 Å². The molecule has 8 heteroatoms. The summed E-state index contributed by atoms with van der Waals surface area (Å²) in [6.45, 7) is 8.53. The van der Waals surface area contributed by atoms with Crippen LogP contribution in [-0.2, 0) is 0 Å². The van der Waals surface area contributed by atoms with Crippen molar-refractivity contribution < 1.29 is 9.13 Å². The van der Waals surface area contributed by atoms with Crippen LogP contribution < -0.4 is 15.2 Å². The number of aromatic nitrogens is 3. The van der Waals surface area contributed by atoms with Crippen LogP contribution in [0, 0.1) is 12.4 Å². The Kier molecular flexibility index (Phi) is 5.78. The first kappa shape index (κ1) is 21.1. The highest BCUT2D eigenvalue weighted by Crippen LogP contribution is 2.35. The van der Waals surface area contributed by atoms with Gasteiger partial charge in [-0.25, -0.2) is 19.2 Å². The van der Waals surface area contributed by atoms with Gasteiger partial charge in [-0.3, -0.25) is 9.36 Å². The van der Waals surface area contributed by atoms with Crippen molar-refractivity contribution in [2.75, 3.05) is 18.0 Å². The first-order chi connectivity index (χ1) is 16.1. The smallest absolute Gasteiger partial charge is 0.258 e. The molecule has 5 rings (SSSR count). The Bertz CT molecular complexity index is 1240. The molecule has 0 amide bonds. The van der Waals surface area contributed by atoms with Crippen LogP contribution in [0.3, 0.4) is 0 Å². The van der Waals surface area contributed by atoms with Crippen LogP contribution in [-0.4, -0.2) is 33.7 Å². The predicted octanol–water partition coefficient (Wildman–Crippen LogP) is 4.63. The van der Waals surface area contributed by atoms with E-state index in [1.54, 1.807) is 6.07 Å². The van der Waals surface area contributed by atoms with Gasteiger partial charge in [0.25, 0.3) is 5.56 Å². The summed E-state index contributed by atoms with van der Waals surface area (Å²) in [5, 5.41) is 0. The maximum absolute atomic E-state index is 14.3. The van der Waals surface area contributed by atoms with Crippen LogP contribution in [0.15, 0.2) is 53.7 Å². The lowest BCUT2D eigenvalue weighted by Crippen LogP contribution is -2.39. The monoisotopic (exact) mass is 445 g/mol. The van der Waals surface area contributed by atoms with E-state index in [1.165, 1.54) is 53.8 Å². The topological polar surface area (TPSA) is 64.6 Å². The summed E-state index contributed by atoms with van der Waals surface area (Å²) in [6.07, 6.45) is 10.8. The maximum atomic E-state index is 14.3. The van der Waals surface area contributed by atoms with E-state index in [9.17, 15) is 9.18 Å². The average molecular weight is 445 g/mol. The molecular formula is C25H24FN5O2. The van der Waals surface area contributed by atoms with Crippen molar-refractivity contribution in [1.29, 1.82) is 0 Å². The van der Waals surface area contributed by atoms with Crippen molar-refractivity contribution in [2.45, 2.75) is 44.1 Å². The number of hydrogen-bond donors (Lipinski definition) is 0. The second-order valence-corrected chi connectivity index (χ2v) is 8.57. The second kappa shape index (κ2) is 9.02. The van der Waals surface area contributed by atoms with Gasteiger partial charge in [-0.1, -0.05) is 12.5 Å². The minimum atomic E-state index is -0.616. The molecule has 2 fully saturated rings. The summed E-state index contributed by atoms with van der Waals surface area (Å²) in [5.41, 5.74) is 1.14. The van der Waals surface area contributed by atoms with Crippen LogP contribution in [0.1, 0.15) is 43.6 Å². The van der Waals surface area contributed by atoms with Crippen molar-refractivity contribution in [3.63, 3.8) is 0 Å². The van der Waals surface area contributed by atoms with E-state index >= 15 is 0 Å². The molecule has 33 heavy (non-hydrogen) atoms. The molecule has 1 aromatic carbocycles. The molecule has 1 aliphatic heterocycles. The molecular weight excluding hydrogens is 421 g/mol. The minimum Gasteiger partial charge on any atom is -0.490 e. The van der Waals surface area contributed by atoms with Crippen LogP contribution in [0.25, 0.3) is 10.5 Å². The fourth-order valence-corrected chi connectivity index (χ4v) is 4.31. The molecule has 0 bridgehead atoms. The average Bonchev–Trinajstić information content (AvgIpc) is 2.79. The number of piperidine rings is 1. The van der Waals surface area contributed by atoms with E-state index in [-0.39, 0.29) is 23.0 Å². The van der Waals surface area contributed by atoms with Crippen LogP contribution in [0.2, 0.25) is 0 Å². The zero-order valence-corrected chi connectivity index (χ0v) is 18.2. The van der Waals surface area contributed by atoms with Gasteiger partial charge in [-0.15, -0.1) is 0 Å². The molecule has 0 spiro atoms. The molecule has 3 aromatic rings. The molecule has 1 saturated carbocycles. The maximum Gasteiger partial charge on any atom is 0.258 e. The van der Waals surface area contributed by atoms with Crippen LogP contribution in [0.4, 0.5) is 16.0 Å². The molecule has 1 aliphatic carbocycles. The normalized spacial score (nSPS) is 16.8. The Morgan fingerprint density at radius 1 is 1.06 bits per heavy atom. The van der Waals surface area contributed by atoms with E-state index in [1.807, 2.05) is 12.4 Å². The third-order valence-electron chi connectivity index (χ3n) is 6.47. The zero-order chi connectivity index (χ0) is 22.8. The van der Waals surface area contributed by atoms with Gasteiger partial charge in [0, 0.05) is 50.6 Å². The first-order valence-electron chi connectivity index (χ1n) is 11.2. The second-order valence-electron chi connectivity index (χ2n) is 8.57. The van der Waals surface area contributed by atoms with Crippen LogP contribution >= 0.6 is 0 Å². The van der Waals surface area contributed by atoms with Gasteiger partial charge in [0.1, 0.15) is 17.7 Å². The number of anilines is 1. The highest BCUT2D eigenvalue weighted by Gasteiger charge is 2.24. The number of benzene rings is 1. The molecule has 0 radical (unpaired) electrons.